The summed E-state index contributed by atoms with van der Waals surface area (Å²) in [5.74, 6) is 3.70. The molecule has 1 aromatic rings. The van der Waals surface area contributed by atoms with Crippen molar-refractivity contribution in [3.8, 4) is 0 Å². The summed E-state index contributed by atoms with van der Waals surface area (Å²) >= 11 is 0. The van der Waals surface area contributed by atoms with Gasteiger partial charge in [-0.25, -0.2) is 4.98 Å². The second-order valence-electron chi connectivity index (χ2n) is 9.22. The molecule has 1 saturated heterocycles. The number of nitrogens with one attached hydrogen (secondary N) is 2. The number of piperidine rings is 1. The molecule has 0 bridgehead atoms. The molecule has 2 heterocycles. The first-order chi connectivity index (χ1) is 13.8. The van der Waals surface area contributed by atoms with Crippen LogP contribution in [0.15, 0.2) is 6.20 Å². The van der Waals surface area contributed by atoms with Gasteiger partial charge in [-0.1, -0.05) is 52.4 Å². The third-order valence-corrected chi connectivity index (χ3v) is 7.45. The molecule has 1 aliphatic heterocycles. The zero-order chi connectivity index (χ0) is 19.8. The topological polar surface area (TPSA) is 66.7 Å². The van der Waals surface area contributed by atoms with Crippen LogP contribution in [-0.2, 0) is 0 Å². The molecule has 160 valence electrons. The van der Waals surface area contributed by atoms with Gasteiger partial charge < -0.3 is 16.0 Å². The predicted molar refractivity (Wildman–Crippen MR) is 118 cm³/mol. The van der Waals surface area contributed by atoms with E-state index in [1.54, 1.807) is 0 Å². The molecule has 2 saturated carbocycles. The number of aromatic nitrogens is 2. The van der Waals surface area contributed by atoms with Crippen LogP contribution in [0.2, 0.25) is 0 Å². The summed E-state index contributed by atoms with van der Waals surface area (Å²) in [6.45, 7) is 5.14. The second-order valence-corrected chi connectivity index (χ2v) is 9.22. The van der Waals surface area contributed by atoms with Crippen molar-refractivity contribution >= 4 is 0 Å². The van der Waals surface area contributed by atoms with Crippen LogP contribution in [0.4, 0.5) is 0 Å². The molecule has 3 fully saturated rings. The number of hydrogen-bond donors (Lipinski definition) is 3. The van der Waals surface area contributed by atoms with Crippen molar-refractivity contribution in [3.05, 3.63) is 17.7 Å². The number of H-pyrrole nitrogens is 1. The van der Waals surface area contributed by atoms with Crippen LogP contribution in [0.5, 0.6) is 0 Å². The third kappa shape index (κ3) is 5.82. The Morgan fingerprint density at radius 3 is 2.29 bits per heavy atom. The van der Waals surface area contributed by atoms with Gasteiger partial charge in [0.2, 0.25) is 0 Å². The molecule has 4 heteroatoms. The van der Waals surface area contributed by atoms with Crippen LogP contribution in [0.25, 0.3) is 0 Å². The summed E-state index contributed by atoms with van der Waals surface area (Å²) in [5, 5.41) is 3.60. The molecule has 4 nitrogen and oxygen atoms in total. The fraction of sp³-hybridized carbons (Fsp3) is 0.875. The van der Waals surface area contributed by atoms with Crippen LogP contribution < -0.4 is 11.1 Å². The molecule has 3 aliphatic rings. The quantitative estimate of drug-likeness (QED) is 0.595. The van der Waals surface area contributed by atoms with Crippen molar-refractivity contribution in [2.75, 3.05) is 6.54 Å². The van der Waals surface area contributed by atoms with Crippen LogP contribution in [0.1, 0.15) is 121 Å². The lowest BCUT2D eigenvalue weighted by atomic mass is 9.70. The highest BCUT2D eigenvalue weighted by Crippen LogP contribution is 2.42. The first kappa shape index (κ1) is 21.8. The van der Waals surface area contributed by atoms with Gasteiger partial charge in [0, 0.05) is 23.9 Å². The first-order valence-electron chi connectivity index (χ1n) is 12.3. The van der Waals surface area contributed by atoms with Crippen molar-refractivity contribution < 1.29 is 0 Å². The fourth-order valence-corrected chi connectivity index (χ4v) is 5.80. The number of nitrogens with zero attached hydrogens (tertiary/aromatic N) is 1. The van der Waals surface area contributed by atoms with E-state index in [2.05, 4.69) is 21.5 Å². The van der Waals surface area contributed by atoms with Gasteiger partial charge in [0.1, 0.15) is 5.82 Å². The molecule has 4 rings (SSSR count). The van der Waals surface area contributed by atoms with E-state index in [1.807, 2.05) is 13.8 Å². The van der Waals surface area contributed by atoms with Crippen molar-refractivity contribution in [3.63, 3.8) is 0 Å². The molecule has 0 radical (unpaired) electrons. The zero-order valence-electron chi connectivity index (χ0n) is 18.4. The molecule has 0 aromatic carbocycles. The smallest absolute Gasteiger partial charge is 0.123 e. The molecule has 1 unspecified atom stereocenters. The average molecular weight is 389 g/mol. The Bertz CT molecular complexity index is 535. The highest BCUT2D eigenvalue weighted by molar-refractivity contribution is 5.11. The lowest BCUT2D eigenvalue weighted by Gasteiger charge is -2.35. The maximum atomic E-state index is 6.45. The van der Waals surface area contributed by atoms with Gasteiger partial charge in [-0.15, -0.1) is 0 Å². The van der Waals surface area contributed by atoms with Crippen molar-refractivity contribution in [2.45, 2.75) is 115 Å². The largest absolute Gasteiger partial charge is 0.344 e. The number of hydrogen-bond acceptors (Lipinski definition) is 3. The molecule has 2 aliphatic carbocycles. The van der Waals surface area contributed by atoms with E-state index in [0.29, 0.717) is 12.0 Å². The van der Waals surface area contributed by atoms with Gasteiger partial charge in [-0.2, -0.15) is 0 Å². The molecule has 0 amide bonds. The average Bonchev–Trinajstić information content (AvgIpc) is 3.27. The standard InChI is InChI=1S/C22H38N4.C2H6/c23-20(14-19-8-4-5-13-24-19)22-25-15-21(26-22)18-11-9-17(10-12-18)16-6-2-1-3-7-16;1-2/h15-20,24H,1-14,23H2,(H,25,26);1-2H3/t17?,18?,19?,20-;/m0./s1. The highest BCUT2D eigenvalue weighted by Gasteiger charge is 2.30. The number of rotatable bonds is 5. The van der Waals surface area contributed by atoms with Gasteiger partial charge >= 0.3 is 0 Å². The summed E-state index contributed by atoms with van der Waals surface area (Å²) in [4.78, 5) is 8.26. The summed E-state index contributed by atoms with van der Waals surface area (Å²) in [7, 11) is 0. The van der Waals surface area contributed by atoms with E-state index in [4.69, 9.17) is 5.73 Å². The summed E-state index contributed by atoms with van der Waals surface area (Å²) in [6.07, 6.45) is 19.9. The third-order valence-electron chi connectivity index (χ3n) is 7.45. The predicted octanol–water partition coefficient (Wildman–Crippen LogP) is 5.82. The Hall–Kier alpha value is -0.870. The monoisotopic (exact) mass is 388 g/mol. The summed E-state index contributed by atoms with van der Waals surface area (Å²) < 4.78 is 0. The minimum Gasteiger partial charge on any atom is -0.344 e. The molecule has 4 N–H and O–H groups in total. The molecule has 0 spiro atoms. The van der Waals surface area contributed by atoms with E-state index in [9.17, 15) is 0 Å². The Labute approximate surface area is 172 Å². The Balaban J connectivity index is 0.00000109. The lowest BCUT2D eigenvalue weighted by molar-refractivity contribution is 0.185. The van der Waals surface area contributed by atoms with Crippen LogP contribution in [-0.4, -0.2) is 22.6 Å². The number of aromatic amines is 1. The molecule has 2 atom stereocenters. The minimum atomic E-state index is 0.0397. The summed E-state index contributed by atoms with van der Waals surface area (Å²) in [6, 6.07) is 0.608. The maximum Gasteiger partial charge on any atom is 0.123 e. The van der Waals surface area contributed by atoms with Gasteiger partial charge in [0.15, 0.2) is 0 Å². The van der Waals surface area contributed by atoms with Crippen molar-refractivity contribution in [1.82, 2.24) is 15.3 Å². The SMILES string of the molecule is CC.N[C@@H](CC1CCCCN1)c1ncc(C2CCC(C3CCCCC3)CC2)[nH]1. The van der Waals surface area contributed by atoms with Crippen LogP contribution >= 0.6 is 0 Å². The van der Waals surface area contributed by atoms with E-state index in [0.717, 1.165) is 30.6 Å². The van der Waals surface area contributed by atoms with E-state index < -0.39 is 0 Å². The van der Waals surface area contributed by atoms with Crippen molar-refractivity contribution in [1.29, 1.82) is 0 Å². The molecule has 28 heavy (non-hydrogen) atoms. The number of imidazole rings is 1. The second kappa shape index (κ2) is 11.3. The molecular weight excluding hydrogens is 344 g/mol. The highest BCUT2D eigenvalue weighted by atomic mass is 15.0. The lowest BCUT2D eigenvalue weighted by Crippen LogP contribution is -2.36. The minimum absolute atomic E-state index is 0.0397. The van der Waals surface area contributed by atoms with Gasteiger partial charge in [0.25, 0.3) is 0 Å². The number of nitrogens with two attached hydrogens (primary N) is 1. The van der Waals surface area contributed by atoms with Crippen LogP contribution in [0.3, 0.4) is 0 Å². The van der Waals surface area contributed by atoms with E-state index in [-0.39, 0.29) is 6.04 Å². The fourth-order valence-electron chi connectivity index (χ4n) is 5.80. The molecular formula is C24H44N4. The molecule has 1 aromatic heterocycles. The normalized spacial score (nSPS) is 30.3. The van der Waals surface area contributed by atoms with Gasteiger partial charge in [-0.05, 0) is 63.3 Å². The van der Waals surface area contributed by atoms with E-state index in [1.165, 1.54) is 82.7 Å². The van der Waals surface area contributed by atoms with Gasteiger partial charge in [-0.3, -0.25) is 0 Å². The Kier molecular flexibility index (Phi) is 8.85. The van der Waals surface area contributed by atoms with Gasteiger partial charge in [0.05, 0.1) is 6.04 Å². The Morgan fingerprint density at radius 2 is 1.61 bits per heavy atom. The Morgan fingerprint density at radius 1 is 0.929 bits per heavy atom. The first-order valence-corrected chi connectivity index (χ1v) is 12.3. The maximum absolute atomic E-state index is 6.45. The van der Waals surface area contributed by atoms with Crippen molar-refractivity contribution in [2.24, 2.45) is 17.6 Å². The van der Waals surface area contributed by atoms with E-state index >= 15 is 0 Å². The zero-order valence-corrected chi connectivity index (χ0v) is 18.4. The van der Waals surface area contributed by atoms with Crippen LogP contribution in [0, 0.1) is 11.8 Å². The summed E-state index contributed by atoms with van der Waals surface area (Å²) in [5.41, 5.74) is 7.80.